The number of nitrogens with zero attached hydrogens (tertiary/aromatic N) is 7. The van der Waals surface area contributed by atoms with Crippen molar-refractivity contribution in [2.75, 3.05) is 5.73 Å². The number of nitrogens with two attached hydrogens (primary N) is 1. The van der Waals surface area contributed by atoms with Crippen LogP contribution in [0.5, 0.6) is 0 Å². The van der Waals surface area contributed by atoms with Gasteiger partial charge in [0.2, 0.25) is 5.95 Å². The average molecular weight is 249 g/mol. The molecule has 0 saturated carbocycles. The van der Waals surface area contributed by atoms with Crippen molar-refractivity contribution in [3.05, 3.63) is 0 Å². The van der Waals surface area contributed by atoms with Gasteiger partial charge in [0.05, 0.1) is 0 Å². The molecule has 0 unspecified atom stereocenters. The number of hydrogen-bond donors (Lipinski definition) is 2. The van der Waals surface area contributed by atoms with E-state index in [0.717, 1.165) is 4.75 Å². The van der Waals surface area contributed by atoms with Crippen molar-refractivity contribution >= 4 is 35.0 Å². The third kappa shape index (κ3) is 1.25. The Labute approximate surface area is 95.1 Å². The van der Waals surface area contributed by atoms with E-state index in [1.54, 1.807) is 0 Å². The summed E-state index contributed by atoms with van der Waals surface area (Å²) in [5.74, 6) is -0.0928. The first kappa shape index (κ1) is 8.91. The monoisotopic (exact) mass is 249 g/mol. The lowest BCUT2D eigenvalue weighted by atomic mass is 10.9. The van der Waals surface area contributed by atoms with E-state index in [9.17, 15) is 0 Å². The smallest absolute Gasteiger partial charge is 0.356 e. The molecule has 90 valence electrons. The predicted molar refractivity (Wildman–Crippen MR) is 52.4 cm³/mol. The van der Waals surface area contributed by atoms with Crippen molar-refractivity contribution in [3.8, 4) is 0 Å². The minimum Gasteiger partial charge on any atom is -0.368 e. The highest BCUT2D eigenvalue weighted by Gasteiger charge is 2.08. The average Bonchev–Trinajstić information content (AvgIpc) is 2.34. The van der Waals surface area contributed by atoms with Crippen molar-refractivity contribution in [2.24, 2.45) is 0 Å². The summed E-state index contributed by atoms with van der Waals surface area (Å²) < 4.78 is 16.2. The second-order valence-corrected chi connectivity index (χ2v) is 3.14. The van der Waals surface area contributed by atoms with Crippen LogP contribution in [0.2, 0.25) is 0 Å². The van der Waals surface area contributed by atoms with E-state index >= 15 is 0 Å². The van der Waals surface area contributed by atoms with Crippen LogP contribution >= 0.6 is 0 Å². The van der Waals surface area contributed by atoms with E-state index in [1.807, 2.05) is 0 Å². The zero-order valence-corrected chi connectivity index (χ0v) is 8.43. The molecule has 5 rings (SSSR count). The Morgan fingerprint density at radius 2 is 1.61 bits per heavy atom. The Balaban J connectivity index is 2.37. The summed E-state index contributed by atoms with van der Waals surface area (Å²) in [5.41, 5.74) is 5.51. The first-order valence-electron chi connectivity index (χ1n) is 4.63. The molecule has 0 spiro atoms. The number of nitrogen functional groups attached to an aromatic ring is 1. The standard InChI is InChI=1S/C6H3N9O3/c7-1-8-2-10-3(9-1)15-17-5-11-4(16-14-2)12-6(13-5)18-15/h(H3,7,8,9,10,14). The lowest BCUT2D eigenvalue weighted by Gasteiger charge is -1.99. The fraction of sp³-hybridized carbons (Fsp3) is 0. The van der Waals surface area contributed by atoms with Crippen LogP contribution in [0.15, 0.2) is 13.6 Å². The lowest BCUT2D eigenvalue weighted by molar-refractivity contribution is 0.151. The van der Waals surface area contributed by atoms with Crippen LogP contribution in [0.3, 0.4) is 0 Å². The molecule has 6 bridgehead atoms. The van der Waals surface area contributed by atoms with Crippen molar-refractivity contribution in [1.29, 1.82) is 0 Å². The minimum atomic E-state index is -0.0583. The summed E-state index contributed by atoms with van der Waals surface area (Å²) in [4.78, 5) is 23.0. The van der Waals surface area contributed by atoms with Crippen LogP contribution in [0.4, 0.5) is 5.95 Å². The highest BCUT2D eigenvalue weighted by molar-refractivity contribution is 5.42. The largest absolute Gasteiger partial charge is 0.368 e. The van der Waals surface area contributed by atoms with Crippen LogP contribution < -0.4 is 5.73 Å². The van der Waals surface area contributed by atoms with Crippen molar-refractivity contribution in [2.45, 2.75) is 0 Å². The SMILES string of the molecule is Nc1nc2nc(n1)n1oc3nc(nc(n3)o1)o[nH]2. The number of rotatable bonds is 0. The summed E-state index contributed by atoms with van der Waals surface area (Å²) in [6.07, 6.45) is 0. The molecule has 0 aromatic carbocycles. The molecule has 5 aromatic rings. The first-order valence-corrected chi connectivity index (χ1v) is 4.63. The molecule has 0 aliphatic rings. The Bertz CT molecular complexity index is 868. The Kier molecular flexibility index (Phi) is 1.45. The van der Waals surface area contributed by atoms with Gasteiger partial charge in [-0.05, 0) is 0 Å². The Hall–Kier alpha value is -3.18. The summed E-state index contributed by atoms with van der Waals surface area (Å²) in [5, 5.41) is 2.42. The molecule has 0 aliphatic carbocycles. The fourth-order valence-electron chi connectivity index (χ4n) is 1.30. The molecule has 18 heavy (non-hydrogen) atoms. The zero-order chi connectivity index (χ0) is 12.1. The van der Waals surface area contributed by atoms with Crippen molar-refractivity contribution in [3.63, 3.8) is 0 Å². The maximum Gasteiger partial charge on any atom is 0.356 e. The number of H-pyrrole nitrogens is 1. The summed E-state index contributed by atoms with van der Waals surface area (Å²) in [6.45, 7) is 0. The van der Waals surface area contributed by atoms with Crippen molar-refractivity contribution in [1.82, 2.24) is 39.8 Å². The van der Waals surface area contributed by atoms with Crippen molar-refractivity contribution < 1.29 is 13.6 Å². The number of nitrogens with one attached hydrogen (secondary N) is 1. The number of aromatic amines is 1. The third-order valence-corrected chi connectivity index (χ3v) is 1.94. The number of aromatic nitrogens is 8. The second-order valence-electron chi connectivity index (χ2n) is 3.14. The topological polar surface area (TPSA) is 163 Å². The van der Waals surface area contributed by atoms with E-state index < -0.39 is 0 Å². The molecule has 12 heteroatoms. The van der Waals surface area contributed by atoms with Crippen LogP contribution in [0.25, 0.3) is 29.1 Å². The maximum atomic E-state index is 5.51. The quantitative estimate of drug-likeness (QED) is 0.412. The molecule has 0 aliphatic heterocycles. The van der Waals surface area contributed by atoms with Gasteiger partial charge in [0.15, 0.2) is 0 Å². The maximum absolute atomic E-state index is 5.51. The highest BCUT2D eigenvalue weighted by Crippen LogP contribution is 2.06. The molecule has 0 saturated heterocycles. The van der Waals surface area contributed by atoms with Gasteiger partial charge in [0, 0.05) is 4.75 Å². The van der Waals surface area contributed by atoms with Gasteiger partial charge in [-0.3, -0.25) is 9.05 Å². The summed E-state index contributed by atoms with van der Waals surface area (Å²) >= 11 is 0. The van der Waals surface area contributed by atoms with Crippen LogP contribution in [-0.2, 0) is 0 Å². The van der Waals surface area contributed by atoms with Crippen LogP contribution in [0, 0.1) is 0 Å². The zero-order valence-electron chi connectivity index (χ0n) is 8.43. The molecular weight excluding hydrogens is 246 g/mol. The van der Waals surface area contributed by atoms with Crippen LogP contribution in [0.1, 0.15) is 0 Å². The van der Waals surface area contributed by atoms with E-state index in [-0.39, 0.29) is 35.0 Å². The van der Waals surface area contributed by atoms with E-state index in [0.29, 0.717) is 0 Å². The second kappa shape index (κ2) is 2.93. The minimum absolute atomic E-state index is 0.00532. The number of anilines is 1. The van der Waals surface area contributed by atoms with Gasteiger partial charge >= 0.3 is 23.3 Å². The lowest BCUT2D eigenvalue weighted by Crippen LogP contribution is -2.04. The van der Waals surface area contributed by atoms with E-state index in [4.69, 9.17) is 19.3 Å². The third-order valence-electron chi connectivity index (χ3n) is 1.94. The van der Waals surface area contributed by atoms with Gasteiger partial charge in [0.1, 0.15) is 0 Å². The normalized spacial score (nSPS) is 11.6. The Morgan fingerprint density at radius 1 is 0.889 bits per heavy atom. The fourth-order valence-corrected chi connectivity index (χ4v) is 1.30. The molecule has 12 nitrogen and oxygen atoms in total. The van der Waals surface area contributed by atoms with Crippen LogP contribution in [-0.4, -0.2) is 39.8 Å². The van der Waals surface area contributed by atoms with E-state index in [1.165, 1.54) is 0 Å². The molecule has 0 fully saturated rings. The highest BCUT2D eigenvalue weighted by atomic mass is 16.7. The van der Waals surface area contributed by atoms with Gasteiger partial charge in [-0.1, -0.05) is 0 Å². The molecule has 3 N–H and O–H groups in total. The molecule has 0 atom stereocenters. The number of fused-ring (bicyclic) bond motifs is 1. The molecule has 5 heterocycles. The molecule has 0 amide bonds. The van der Waals surface area contributed by atoms with E-state index in [2.05, 4.69) is 35.1 Å². The summed E-state index contributed by atoms with van der Waals surface area (Å²) in [6, 6.07) is 0. The molecule has 0 radical (unpaired) electrons. The van der Waals surface area contributed by atoms with Gasteiger partial charge < -0.3 is 10.3 Å². The van der Waals surface area contributed by atoms with Gasteiger partial charge in [-0.15, -0.1) is 15.0 Å². The van der Waals surface area contributed by atoms with Gasteiger partial charge in [-0.2, -0.15) is 20.1 Å². The van der Waals surface area contributed by atoms with Gasteiger partial charge in [-0.25, -0.2) is 0 Å². The van der Waals surface area contributed by atoms with Gasteiger partial charge in [0.25, 0.3) is 5.78 Å². The molecule has 5 aromatic heterocycles. The summed E-state index contributed by atoms with van der Waals surface area (Å²) in [7, 11) is 0. The Morgan fingerprint density at radius 3 is 2.39 bits per heavy atom. The predicted octanol–water partition coefficient (Wildman–Crippen LogP) is -0.571. The molecular formula is C6H3N9O3. The number of hydrogen-bond acceptors (Lipinski definition) is 10. The first-order chi connectivity index (χ1) is 8.76.